The SMILES string of the molecule is CCC(NC(=O)[C@@H]1CCCN1C(=O)C(C)NC(=O)C(C)NC(=O)CCC(=O)O)C(=O)Nc1ccc([N+](=O)[O-])cc1. The predicted molar refractivity (Wildman–Crippen MR) is 141 cm³/mol. The van der Waals surface area contributed by atoms with Gasteiger partial charge < -0.3 is 31.3 Å². The Balaban J connectivity index is 1.94. The molecule has 0 aromatic heterocycles. The van der Waals surface area contributed by atoms with Crippen LogP contribution in [0.25, 0.3) is 0 Å². The Morgan fingerprint density at radius 3 is 2.23 bits per heavy atom. The molecular formula is C25H34N6O9. The number of benzene rings is 1. The molecule has 3 unspecified atom stereocenters. The van der Waals surface area contributed by atoms with Gasteiger partial charge in [0, 0.05) is 30.8 Å². The van der Waals surface area contributed by atoms with Gasteiger partial charge in [0.1, 0.15) is 24.2 Å². The highest BCUT2D eigenvalue weighted by Gasteiger charge is 2.37. The molecule has 0 bridgehead atoms. The Hall–Kier alpha value is -4.56. The van der Waals surface area contributed by atoms with E-state index in [2.05, 4.69) is 21.3 Å². The number of carbonyl (C=O) groups is 6. The van der Waals surface area contributed by atoms with E-state index in [0.29, 0.717) is 18.5 Å². The average Bonchev–Trinajstić information content (AvgIpc) is 3.40. The van der Waals surface area contributed by atoms with E-state index in [0.717, 1.165) is 0 Å². The van der Waals surface area contributed by atoms with Crippen LogP contribution in [0.2, 0.25) is 0 Å². The molecule has 15 heteroatoms. The number of nitro benzene ring substituents is 1. The normalized spacial score (nSPS) is 16.7. The number of non-ortho nitro benzene ring substituents is 1. The topological polar surface area (TPSA) is 217 Å². The fourth-order valence-corrected chi connectivity index (χ4v) is 4.07. The maximum Gasteiger partial charge on any atom is 0.303 e. The number of nitro groups is 1. The van der Waals surface area contributed by atoms with Crippen molar-refractivity contribution < 1.29 is 38.8 Å². The van der Waals surface area contributed by atoms with E-state index in [-0.39, 0.29) is 31.5 Å². The van der Waals surface area contributed by atoms with Gasteiger partial charge in [-0.15, -0.1) is 0 Å². The summed E-state index contributed by atoms with van der Waals surface area (Å²) in [5, 5.41) is 29.6. The van der Waals surface area contributed by atoms with Crippen LogP contribution in [0.3, 0.4) is 0 Å². The minimum atomic E-state index is -1.15. The first kappa shape index (κ1) is 31.7. The van der Waals surface area contributed by atoms with Crippen LogP contribution in [0.1, 0.15) is 52.9 Å². The smallest absolute Gasteiger partial charge is 0.303 e. The molecule has 1 fully saturated rings. The van der Waals surface area contributed by atoms with Crippen molar-refractivity contribution in [2.75, 3.05) is 11.9 Å². The zero-order valence-corrected chi connectivity index (χ0v) is 22.5. The second kappa shape index (κ2) is 14.6. The standard InChI is InChI=1S/C25H34N6O9/c1-4-18(23(36)28-16-7-9-17(10-8-16)31(39)40)29-24(37)19-6-5-13-30(19)25(38)15(3)27-22(35)14(2)26-20(32)11-12-21(33)34/h7-10,14-15,18-19H,4-6,11-13H2,1-3H3,(H,26,32)(H,27,35)(H,28,36)(H,29,37)(H,33,34)/t14?,15?,18?,19-/m0/s1. The number of nitrogens with zero attached hydrogens (tertiary/aromatic N) is 2. The van der Waals surface area contributed by atoms with E-state index in [4.69, 9.17) is 5.11 Å². The molecule has 5 N–H and O–H groups in total. The van der Waals surface area contributed by atoms with Crippen molar-refractivity contribution in [3.63, 3.8) is 0 Å². The number of carboxylic acid groups (broad SMARTS) is 1. The first-order chi connectivity index (χ1) is 18.8. The van der Waals surface area contributed by atoms with Gasteiger partial charge in [0.2, 0.25) is 29.5 Å². The monoisotopic (exact) mass is 562 g/mol. The maximum atomic E-state index is 13.1. The molecule has 1 aliphatic heterocycles. The number of hydrogen-bond acceptors (Lipinski definition) is 8. The summed E-state index contributed by atoms with van der Waals surface area (Å²) in [5.41, 5.74) is 0.183. The zero-order valence-electron chi connectivity index (χ0n) is 22.5. The minimum absolute atomic E-state index is 0.135. The maximum absolute atomic E-state index is 13.1. The number of carbonyl (C=O) groups excluding carboxylic acids is 5. The summed E-state index contributed by atoms with van der Waals surface area (Å²) in [6.07, 6.45) is 0.455. The van der Waals surface area contributed by atoms with Crippen LogP contribution in [-0.2, 0) is 28.8 Å². The fraction of sp³-hybridized carbons (Fsp3) is 0.520. The molecule has 1 heterocycles. The molecular weight excluding hydrogens is 528 g/mol. The molecule has 0 spiro atoms. The van der Waals surface area contributed by atoms with Gasteiger partial charge in [0.15, 0.2) is 0 Å². The summed E-state index contributed by atoms with van der Waals surface area (Å²) < 4.78 is 0. The van der Waals surface area contributed by atoms with Crippen molar-refractivity contribution in [3.8, 4) is 0 Å². The van der Waals surface area contributed by atoms with Gasteiger partial charge in [-0.2, -0.15) is 0 Å². The van der Waals surface area contributed by atoms with Crippen LogP contribution in [-0.4, -0.2) is 81.1 Å². The van der Waals surface area contributed by atoms with Crippen molar-refractivity contribution in [3.05, 3.63) is 34.4 Å². The molecule has 2 rings (SSSR count). The summed E-state index contributed by atoms with van der Waals surface area (Å²) in [4.78, 5) is 85.2. The molecule has 4 atom stereocenters. The van der Waals surface area contributed by atoms with Crippen LogP contribution in [0, 0.1) is 10.1 Å². The molecule has 15 nitrogen and oxygen atoms in total. The molecule has 5 amide bonds. The third kappa shape index (κ3) is 9.03. The zero-order chi connectivity index (χ0) is 30.0. The Morgan fingerprint density at radius 2 is 1.65 bits per heavy atom. The number of anilines is 1. The molecule has 0 saturated carbocycles. The summed E-state index contributed by atoms with van der Waals surface area (Å²) in [5.74, 6) is -4.00. The Labute approximate surface area is 230 Å². The largest absolute Gasteiger partial charge is 0.481 e. The van der Waals surface area contributed by atoms with Gasteiger partial charge in [-0.05, 0) is 45.2 Å². The fourth-order valence-electron chi connectivity index (χ4n) is 4.07. The molecule has 1 aromatic rings. The molecule has 1 saturated heterocycles. The van der Waals surface area contributed by atoms with Gasteiger partial charge >= 0.3 is 5.97 Å². The number of carboxylic acids is 1. The molecule has 40 heavy (non-hydrogen) atoms. The Bertz CT molecular complexity index is 1140. The number of likely N-dealkylation sites (tertiary alicyclic amines) is 1. The molecule has 1 aromatic carbocycles. The van der Waals surface area contributed by atoms with Gasteiger partial charge in [-0.25, -0.2) is 0 Å². The highest BCUT2D eigenvalue weighted by molar-refractivity contribution is 5.99. The third-order valence-corrected chi connectivity index (χ3v) is 6.29. The molecule has 0 radical (unpaired) electrons. The number of hydrogen-bond donors (Lipinski definition) is 5. The summed E-state index contributed by atoms with van der Waals surface area (Å²) in [6.45, 7) is 4.80. The lowest BCUT2D eigenvalue weighted by Crippen LogP contribution is -2.56. The summed E-state index contributed by atoms with van der Waals surface area (Å²) in [6, 6.07) is 1.40. The van der Waals surface area contributed by atoms with Crippen molar-refractivity contribution in [1.29, 1.82) is 0 Å². The quantitative estimate of drug-likeness (QED) is 0.165. The van der Waals surface area contributed by atoms with Crippen LogP contribution < -0.4 is 21.3 Å². The van der Waals surface area contributed by atoms with Crippen molar-refractivity contribution in [2.24, 2.45) is 0 Å². The Morgan fingerprint density at radius 1 is 1.00 bits per heavy atom. The Kier molecular flexibility index (Phi) is 11.5. The highest BCUT2D eigenvalue weighted by atomic mass is 16.6. The lowest BCUT2D eigenvalue weighted by Gasteiger charge is -2.29. The van der Waals surface area contributed by atoms with Crippen LogP contribution in [0.4, 0.5) is 11.4 Å². The van der Waals surface area contributed by atoms with E-state index >= 15 is 0 Å². The number of aliphatic carboxylic acids is 1. The molecule has 0 aliphatic carbocycles. The minimum Gasteiger partial charge on any atom is -0.481 e. The van der Waals surface area contributed by atoms with Crippen molar-refractivity contribution in [1.82, 2.24) is 20.9 Å². The third-order valence-electron chi connectivity index (χ3n) is 6.29. The highest BCUT2D eigenvalue weighted by Crippen LogP contribution is 2.20. The van der Waals surface area contributed by atoms with E-state index in [1.807, 2.05) is 0 Å². The van der Waals surface area contributed by atoms with E-state index in [1.165, 1.54) is 43.0 Å². The molecule has 218 valence electrons. The summed E-state index contributed by atoms with van der Waals surface area (Å²) in [7, 11) is 0. The number of amides is 5. The van der Waals surface area contributed by atoms with E-state index in [9.17, 15) is 38.9 Å². The predicted octanol–water partition coefficient (Wildman–Crippen LogP) is 0.293. The van der Waals surface area contributed by atoms with E-state index < -0.39 is 64.6 Å². The first-order valence-corrected chi connectivity index (χ1v) is 12.8. The lowest BCUT2D eigenvalue weighted by atomic mass is 10.1. The van der Waals surface area contributed by atoms with Gasteiger partial charge in [0.05, 0.1) is 11.3 Å². The second-order valence-electron chi connectivity index (χ2n) is 9.37. The van der Waals surface area contributed by atoms with Gasteiger partial charge in [-0.1, -0.05) is 6.92 Å². The molecule has 1 aliphatic rings. The lowest BCUT2D eigenvalue weighted by molar-refractivity contribution is -0.384. The first-order valence-electron chi connectivity index (χ1n) is 12.8. The summed E-state index contributed by atoms with van der Waals surface area (Å²) >= 11 is 0. The number of nitrogens with one attached hydrogen (secondary N) is 4. The van der Waals surface area contributed by atoms with Crippen molar-refractivity contribution >= 4 is 46.9 Å². The average molecular weight is 563 g/mol. The van der Waals surface area contributed by atoms with Crippen LogP contribution in [0.15, 0.2) is 24.3 Å². The van der Waals surface area contributed by atoms with Gasteiger partial charge in [0.25, 0.3) is 5.69 Å². The van der Waals surface area contributed by atoms with Crippen LogP contribution in [0.5, 0.6) is 0 Å². The van der Waals surface area contributed by atoms with Gasteiger partial charge in [-0.3, -0.25) is 38.9 Å². The van der Waals surface area contributed by atoms with Crippen LogP contribution >= 0.6 is 0 Å². The van der Waals surface area contributed by atoms with E-state index in [1.54, 1.807) is 6.92 Å². The van der Waals surface area contributed by atoms with Crippen molar-refractivity contribution in [2.45, 2.75) is 77.0 Å². The second-order valence-corrected chi connectivity index (χ2v) is 9.37. The number of rotatable bonds is 13.